The highest BCUT2D eigenvalue weighted by Gasteiger charge is 2.18. The zero-order chi connectivity index (χ0) is 13.1. The third-order valence-electron chi connectivity index (χ3n) is 2.75. The molecule has 1 atom stereocenters. The Labute approximate surface area is 105 Å². The van der Waals surface area contributed by atoms with Gasteiger partial charge < -0.3 is 9.73 Å². The number of amides is 1. The van der Waals surface area contributed by atoms with Crippen molar-refractivity contribution in [3.8, 4) is 0 Å². The minimum atomic E-state index is -0.240. The van der Waals surface area contributed by atoms with Gasteiger partial charge in [-0.1, -0.05) is 0 Å². The van der Waals surface area contributed by atoms with Crippen LogP contribution in [0.15, 0.2) is 23.1 Å². The molecule has 96 valence electrons. The summed E-state index contributed by atoms with van der Waals surface area (Å²) in [6, 6.07) is 1.54. The molecular weight excluding hydrogens is 232 g/mol. The summed E-state index contributed by atoms with van der Waals surface area (Å²) in [6.45, 7) is 6.39. The molecule has 1 amide bonds. The summed E-state index contributed by atoms with van der Waals surface area (Å²) in [4.78, 5) is 16.1. The van der Waals surface area contributed by atoms with Gasteiger partial charge in [0.2, 0.25) is 0 Å². The second kappa shape index (κ2) is 5.03. The number of nitrogens with zero attached hydrogens (tertiary/aromatic N) is 3. The first kappa shape index (κ1) is 12.3. The number of furan rings is 1. The van der Waals surface area contributed by atoms with Gasteiger partial charge in [0.05, 0.1) is 12.3 Å². The predicted molar refractivity (Wildman–Crippen MR) is 65.0 cm³/mol. The van der Waals surface area contributed by atoms with Crippen molar-refractivity contribution >= 4 is 5.91 Å². The van der Waals surface area contributed by atoms with Crippen molar-refractivity contribution in [2.24, 2.45) is 0 Å². The van der Waals surface area contributed by atoms with Gasteiger partial charge in [0.25, 0.3) is 5.91 Å². The highest BCUT2D eigenvalue weighted by Crippen LogP contribution is 2.13. The fourth-order valence-electron chi connectivity index (χ4n) is 1.78. The number of aryl methyl sites for hydroxylation is 2. The van der Waals surface area contributed by atoms with Crippen LogP contribution in [0, 0.1) is 6.92 Å². The molecule has 1 N–H and O–H groups in total. The smallest absolute Gasteiger partial charge is 0.287 e. The van der Waals surface area contributed by atoms with Gasteiger partial charge in [-0.2, -0.15) is 5.10 Å². The van der Waals surface area contributed by atoms with Gasteiger partial charge in [0, 0.05) is 12.1 Å². The molecule has 2 rings (SSSR count). The lowest BCUT2D eigenvalue weighted by Crippen LogP contribution is -2.29. The Kier molecular flexibility index (Phi) is 3.45. The molecule has 0 saturated carbocycles. The summed E-state index contributed by atoms with van der Waals surface area (Å²) < 4.78 is 6.90. The Morgan fingerprint density at radius 3 is 3.00 bits per heavy atom. The molecule has 6 nitrogen and oxygen atoms in total. The van der Waals surface area contributed by atoms with Crippen LogP contribution in [0.3, 0.4) is 0 Å². The molecule has 18 heavy (non-hydrogen) atoms. The van der Waals surface area contributed by atoms with Crippen LogP contribution in [0.25, 0.3) is 0 Å². The van der Waals surface area contributed by atoms with E-state index < -0.39 is 0 Å². The van der Waals surface area contributed by atoms with Crippen molar-refractivity contribution in [1.82, 2.24) is 20.1 Å². The topological polar surface area (TPSA) is 73.0 Å². The molecule has 0 spiro atoms. The second-order valence-corrected chi connectivity index (χ2v) is 4.06. The molecule has 6 heteroatoms. The van der Waals surface area contributed by atoms with Crippen molar-refractivity contribution in [3.63, 3.8) is 0 Å². The average molecular weight is 248 g/mol. The number of rotatable bonds is 4. The van der Waals surface area contributed by atoms with Gasteiger partial charge in [0.1, 0.15) is 12.2 Å². The lowest BCUT2D eigenvalue weighted by atomic mass is 10.2. The van der Waals surface area contributed by atoms with Crippen molar-refractivity contribution in [1.29, 1.82) is 0 Å². The van der Waals surface area contributed by atoms with Gasteiger partial charge in [-0.05, 0) is 26.8 Å². The summed E-state index contributed by atoms with van der Waals surface area (Å²) >= 11 is 0. The van der Waals surface area contributed by atoms with Crippen LogP contribution in [0.4, 0.5) is 0 Å². The SMILES string of the molecule is CCn1ncnc1[C@@H](C)NC(=O)c1occc1C. The number of carbonyl (C=O) groups is 1. The molecule has 0 fully saturated rings. The molecule has 0 radical (unpaired) electrons. The van der Waals surface area contributed by atoms with E-state index >= 15 is 0 Å². The molecule has 0 bridgehead atoms. The van der Waals surface area contributed by atoms with Gasteiger partial charge in [0.15, 0.2) is 5.76 Å². The van der Waals surface area contributed by atoms with Crippen LogP contribution in [-0.2, 0) is 6.54 Å². The van der Waals surface area contributed by atoms with Crippen LogP contribution in [0.5, 0.6) is 0 Å². The molecule has 2 aromatic heterocycles. The van der Waals surface area contributed by atoms with E-state index in [-0.39, 0.29) is 11.9 Å². The maximum absolute atomic E-state index is 12.0. The number of hydrogen-bond acceptors (Lipinski definition) is 4. The number of nitrogens with one attached hydrogen (secondary N) is 1. The summed E-state index contributed by atoms with van der Waals surface area (Å²) in [5.74, 6) is 0.829. The van der Waals surface area contributed by atoms with E-state index in [4.69, 9.17) is 4.42 Å². The van der Waals surface area contributed by atoms with Crippen molar-refractivity contribution in [2.75, 3.05) is 0 Å². The van der Waals surface area contributed by atoms with E-state index in [1.165, 1.54) is 12.6 Å². The molecule has 0 aliphatic carbocycles. The third kappa shape index (κ3) is 2.27. The Morgan fingerprint density at radius 1 is 1.61 bits per heavy atom. The highest BCUT2D eigenvalue weighted by atomic mass is 16.3. The zero-order valence-electron chi connectivity index (χ0n) is 10.7. The van der Waals surface area contributed by atoms with E-state index in [0.29, 0.717) is 5.76 Å². The first-order valence-corrected chi connectivity index (χ1v) is 5.86. The van der Waals surface area contributed by atoms with Gasteiger partial charge in [-0.25, -0.2) is 9.67 Å². The van der Waals surface area contributed by atoms with Crippen LogP contribution in [0.1, 0.15) is 41.8 Å². The molecule has 0 aliphatic heterocycles. The first-order chi connectivity index (χ1) is 8.63. The Morgan fingerprint density at radius 2 is 2.39 bits per heavy atom. The molecule has 0 aromatic carbocycles. The summed E-state index contributed by atoms with van der Waals surface area (Å²) in [5, 5.41) is 6.92. The van der Waals surface area contributed by atoms with Crippen LogP contribution in [-0.4, -0.2) is 20.7 Å². The van der Waals surface area contributed by atoms with Crippen molar-refractivity contribution in [3.05, 3.63) is 35.8 Å². The Bertz CT molecular complexity index is 544. The van der Waals surface area contributed by atoms with E-state index in [1.54, 1.807) is 10.7 Å². The molecule has 0 aliphatic rings. The zero-order valence-corrected chi connectivity index (χ0v) is 10.7. The number of carbonyl (C=O) groups excluding carboxylic acids is 1. The summed E-state index contributed by atoms with van der Waals surface area (Å²) in [5.41, 5.74) is 0.816. The minimum Gasteiger partial charge on any atom is -0.459 e. The molecule has 0 saturated heterocycles. The standard InChI is InChI=1S/C12H16N4O2/c1-4-16-11(13-7-14-16)9(3)15-12(17)10-8(2)5-6-18-10/h5-7,9H,4H2,1-3H3,(H,15,17)/t9-/m1/s1. The third-order valence-corrected chi connectivity index (χ3v) is 2.75. The number of aromatic nitrogens is 3. The molecule has 0 unspecified atom stereocenters. The van der Waals surface area contributed by atoms with Gasteiger partial charge in [-0.3, -0.25) is 4.79 Å². The summed E-state index contributed by atoms with van der Waals surface area (Å²) in [7, 11) is 0. The van der Waals surface area contributed by atoms with Crippen LogP contribution >= 0.6 is 0 Å². The normalized spacial score (nSPS) is 12.4. The van der Waals surface area contributed by atoms with E-state index in [0.717, 1.165) is 17.9 Å². The lowest BCUT2D eigenvalue weighted by Gasteiger charge is -2.13. The second-order valence-electron chi connectivity index (χ2n) is 4.06. The van der Waals surface area contributed by atoms with Gasteiger partial charge in [-0.15, -0.1) is 0 Å². The van der Waals surface area contributed by atoms with Crippen molar-refractivity contribution < 1.29 is 9.21 Å². The maximum atomic E-state index is 12.0. The maximum Gasteiger partial charge on any atom is 0.287 e. The molecule has 2 aromatic rings. The number of hydrogen-bond donors (Lipinski definition) is 1. The van der Waals surface area contributed by atoms with E-state index in [9.17, 15) is 4.79 Å². The highest BCUT2D eigenvalue weighted by molar-refractivity contribution is 5.92. The van der Waals surface area contributed by atoms with E-state index in [2.05, 4.69) is 15.4 Å². The molecular formula is C12H16N4O2. The predicted octanol–water partition coefficient (Wildman–Crippen LogP) is 1.69. The average Bonchev–Trinajstić information content (AvgIpc) is 2.96. The minimum absolute atomic E-state index is 0.218. The monoisotopic (exact) mass is 248 g/mol. The largest absolute Gasteiger partial charge is 0.459 e. The van der Waals surface area contributed by atoms with Crippen LogP contribution < -0.4 is 5.32 Å². The summed E-state index contributed by atoms with van der Waals surface area (Å²) in [6.07, 6.45) is 2.99. The fraction of sp³-hybridized carbons (Fsp3) is 0.417. The van der Waals surface area contributed by atoms with Crippen molar-refractivity contribution in [2.45, 2.75) is 33.4 Å². The Balaban J connectivity index is 2.10. The fourth-order valence-corrected chi connectivity index (χ4v) is 1.78. The quantitative estimate of drug-likeness (QED) is 0.893. The van der Waals surface area contributed by atoms with Crippen LogP contribution in [0.2, 0.25) is 0 Å². The molecule has 2 heterocycles. The lowest BCUT2D eigenvalue weighted by molar-refractivity contribution is 0.0908. The van der Waals surface area contributed by atoms with Gasteiger partial charge >= 0.3 is 0 Å². The Hall–Kier alpha value is -2.11. The van der Waals surface area contributed by atoms with E-state index in [1.807, 2.05) is 20.8 Å². The first-order valence-electron chi connectivity index (χ1n) is 5.86.